The first-order valence-electron chi connectivity index (χ1n) is 4.50. The van der Waals surface area contributed by atoms with Gasteiger partial charge in [0.2, 0.25) is 0 Å². The molecule has 0 spiro atoms. The van der Waals surface area contributed by atoms with E-state index in [1.165, 1.54) is 0 Å². The van der Waals surface area contributed by atoms with Crippen molar-refractivity contribution >= 4 is 22.2 Å². The number of carbonyl (C=O) groups is 1. The molecular weight excluding hydrogens is 256 g/mol. The van der Waals surface area contributed by atoms with Crippen molar-refractivity contribution in [1.82, 2.24) is 9.55 Å². The van der Waals surface area contributed by atoms with Crippen LogP contribution in [0.5, 0.6) is 0 Å². The van der Waals surface area contributed by atoms with Crippen molar-refractivity contribution in [3.63, 3.8) is 0 Å². The lowest BCUT2D eigenvalue weighted by Gasteiger charge is -2.04. The van der Waals surface area contributed by atoms with Crippen molar-refractivity contribution in [2.45, 2.75) is 6.54 Å². The van der Waals surface area contributed by atoms with Gasteiger partial charge in [0.1, 0.15) is 0 Å². The largest absolute Gasteiger partial charge is 0.339 e. The highest BCUT2D eigenvalue weighted by atomic mass is 79.9. The molecule has 0 saturated heterocycles. The molecule has 0 aliphatic carbocycles. The Balaban J connectivity index is 2.21. The standard InChI is InChI=1S/C11H9BrN2O/c12-9-3-4-10(13-6-9)7-14-5-1-2-11(14)8-15/h1-6,8H,7H2. The monoisotopic (exact) mass is 264 g/mol. The molecule has 0 aromatic carbocycles. The van der Waals surface area contributed by atoms with Crippen LogP contribution < -0.4 is 0 Å². The fourth-order valence-corrected chi connectivity index (χ4v) is 1.59. The van der Waals surface area contributed by atoms with Gasteiger partial charge in [-0.05, 0) is 40.2 Å². The van der Waals surface area contributed by atoms with E-state index in [2.05, 4.69) is 20.9 Å². The number of carbonyl (C=O) groups excluding carboxylic acids is 1. The molecule has 76 valence electrons. The number of hydrogen-bond donors (Lipinski definition) is 0. The van der Waals surface area contributed by atoms with Crippen LogP contribution in [0.15, 0.2) is 41.1 Å². The zero-order valence-corrected chi connectivity index (χ0v) is 9.52. The van der Waals surface area contributed by atoms with E-state index in [1.807, 2.05) is 29.0 Å². The van der Waals surface area contributed by atoms with E-state index in [4.69, 9.17) is 0 Å². The molecule has 0 saturated carbocycles. The molecule has 0 radical (unpaired) electrons. The summed E-state index contributed by atoms with van der Waals surface area (Å²) in [6.45, 7) is 0.619. The van der Waals surface area contributed by atoms with Gasteiger partial charge >= 0.3 is 0 Å². The molecule has 0 unspecified atom stereocenters. The minimum Gasteiger partial charge on any atom is -0.339 e. The zero-order valence-electron chi connectivity index (χ0n) is 7.93. The van der Waals surface area contributed by atoms with Gasteiger partial charge in [0.05, 0.1) is 17.9 Å². The van der Waals surface area contributed by atoms with Crippen LogP contribution in [-0.4, -0.2) is 15.8 Å². The number of nitrogens with zero attached hydrogens (tertiary/aromatic N) is 2. The molecular formula is C11H9BrN2O. The summed E-state index contributed by atoms with van der Waals surface area (Å²) >= 11 is 3.33. The molecule has 3 nitrogen and oxygen atoms in total. The Morgan fingerprint density at radius 1 is 1.40 bits per heavy atom. The summed E-state index contributed by atoms with van der Waals surface area (Å²) in [5.41, 5.74) is 1.59. The lowest BCUT2D eigenvalue weighted by molar-refractivity contribution is 0.111. The summed E-state index contributed by atoms with van der Waals surface area (Å²) in [6, 6.07) is 7.50. The maximum absolute atomic E-state index is 10.7. The normalized spacial score (nSPS) is 10.2. The molecule has 0 aliphatic heterocycles. The van der Waals surface area contributed by atoms with E-state index in [-0.39, 0.29) is 0 Å². The van der Waals surface area contributed by atoms with Gasteiger partial charge in [-0.2, -0.15) is 0 Å². The Bertz CT molecular complexity index is 462. The van der Waals surface area contributed by atoms with Gasteiger partial charge in [-0.1, -0.05) is 0 Å². The summed E-state index contributed by atoms with van der Waals surface area (Å²) in [5, 5.41) is 0. The summed E-state index contributed by atoms with van der Waals surface area (Å²) in [6.07, 6.45) is 4.46. The fraction of sp³-hybridized carbons (Fsp3) is 0.0909. The SMILES string of the molecule is O=Cc1cccn1Cc1ccc(Br)cn1. The molecule has 0 fully saturated rings. The molecule has 0 amide bonds. The zero-order chi connectivity index (χ0) is 10.7. The van der Waals surface area contributed by atoms with Crippen LogP contribution in [0.25, 0.3) is 0 Å². The van der Waals surface area contributed by atoms with Gasteiger partial charge in [0.25, 0.3) is 0 Å². The molecule has 2 heterocycles. The predicted molar refractivity (Wildman–Crippen MR) is 60.9 cm³/mol. The number of aldehydes is 1. The Labute approximate surface area is 95.9 Å². The first kappa shape index (κ1) is 10.1. The summed E-state index contributed by atoms with van der Waals surface area (Å²) in [4.78, 5) is 14.9. The first-order valence-corrected chi connectivity index (χ1v) is 5.29. The van der Waals surface area contributed by atoms with Gasteiger partial charge in [0.15, 0.2) is 6.29 Å². The Morgan fingerprint density at radius 3 is 2.93 bits per heavy atom. The third kappa shape index (κ3) is 2.33. The first-order chi connectivity index (χ1) is 7.29. The van der Waals surface area contributed by atoms with E-state index in [0.29, 0.717) is 12.2 Å². The van der Waals surface area contributed by atoms with E-state index in [0.717, 1.165) is 16.5 Å². The smallest absolute Gasteiger partial charge is 0.166 e. The Morgan fingerprint density at radius 2 is 2.27 bits per heavy atom. The lowest BCUT2D eigenvalue weighted by Crippen LogP contribution is -2.03. The van der Waals surface area contributed by atoms with E-state index < -0.39 is 0 Å². The van der Waals surface area contributed by atoms with E-state index in [9.17, 15) is 4.79 Å². The lowest BCUT2D eigenvalue weighted by atomic mass is 10.3. The van der Waals surface area contributed by atoms with Crippen LogP contribution in [-0.2, 0) is 6.54 Å². The van der Waals surface area contributed by atoms with Crippen LogP contribution in [0.3, 0.4) is 0 Å². The molecule has 2 rings (SSSR count). The number of hydrogen-bond acceptors (Lipinski definition) is 2. The van der Waals surface area contributed by atoms with Crippen molar-refractivity contribution in [1.29, 1.82) is 0 Å². The van der Waals surface area contributed by atoms with Gasteiger partial charge < -0.3 is 4.57 Å². The van der Waals surface area contributed by atoms with Crippen molar-refractivity contribution in [3.05, 3.63) is 52.5 Å². The van der Waals surface area contributed by atoms with Crippen LogP contribution in [0.1, 0.15) is 16.2 Å². The van der Waals surface area contributed by atoms with Gasteiger partial charge in [-0.3, -0.25) is 9.78 Å². The molecule has 2 aromatic rings. The van der Waals surface area contributed by atoms with E-state index >= 15 is 0 Å². The molecule has 15 heavy (non-hydrogen) atoms. The van der Waals surface area contributed by atoms with Crippen LogP contribution in [0, 0.1) is 0 Å². The van der Waals surface area contributed by atoms with Gasteiger partial charge in [-0.25, -0.2) is 0 Å². The van der Waals surface area contributed by atoms with E-state index in [1.54, 1.807) is 12.3 Å². The third-order valence-electron chi connectivity index (χ3n) is 2.11. The fourth-order valence-electron chi connectivity index (χ4n) is 1.35. The van der Waals surface area contributed by atoms with Gasteiger partial charge in [0, 0.05) is 16.9 Å². The molecule has 0 bridgehead atoms. The summed E-state index contributed by atoms with van der Waals surface area (Å²) < 4.78 is 2.82. The topological polar surface area (TPSA) is 34.9 Å². The minimum absolute atomic E-state index is 0.619. The van der Waals surface area contributed by atoms with Crippen molar-refractivity contribution in [3.8, 4) is 0 Å². The van der Waals surface area contributed by atoms with Crippen molar-refractivity contribution in [2.75, 3.05) is 0 Å². The molecule has 2 aromatic heterocycles. The third-order valence-corrected chi connectivity index (χ3v) is 2.58. The predicted octanol–water partition coefficient (Wildman–Crippen LogP) is 2.51. The maximum atomic E-state index is 10.7. The highest BCUT2D eigenvalue weighted by Gasteiger charge is 2.00. The number of aromatic nitrogens is 2. The Kier molecular flexibility index (Phi) is 2.97. The van der Waals surface area contributed by atoms with Crippen LogP contribution in [0.4, 0.5) is 0 Å². The molecule has 0 N–H and O–H groups in total. The average Bonchev–Trinajstić information content (AvgIpc) is 2.69. The van der Waals surface area contributed by atoms with Crippen molar-refractivity contribution in [2.24, 2.45) is 0 Å². The average molecular weight is 265 g/mol. The second-order valence-corrected chi connectivity index (χ2v) is 4.06. The molecule has 0 atom stereocenters. The highest BCUT2D eigenvalue weighted by Crippen LogP contribution is 2.09. The van der Waals surface area contributed by atoms with Gasteiger partial charge in [-0.15, -0.1) is 0 Å². The second kappa shape index (κ2) is 4.40. The quantitative estimate of drug-likeness (QED) is 0.799. The van der Waals surface area contributed by atoms with Crippen LogP contribution >= 0.6 is 15.9 Å². The summed E-state index contributed by atoms with van der Waals surface area (Å²) in [5.74, 6) is 0. The number of pyridine rings is 1. The molecule has 4 heteroatoms. The van der Waals surface area contributed by atoms with Crippen molar-refractivity contribution < 1.29 is 4.79 Å². The molecule has 0 aliphatic rings. The minimum atomic E-state index is 0.619. The maximum Gasteiger partial charge on any atom is 0.166 e. The Hall–Kier alpha value is -1.42. The number of rotatable bonds is 3. The van der Waals surface area contributed by atoms with Crippen LogP contribution in [0.2, 0.25) is 0 Å². The summed E-state index contributed by atoms with van der Waals surface area (Å²) in [7, 11) is 0. The second-order valence-electron chi connectivity index (χ2n) is 3.15. The highest BCUT2D eigenvalue weighted by molar-refractivity contribution is 9.10. The number of halogens is 1.